The minimum atomic E-state index is 0.498. The lowest BCUT2D eigenvalue weighted by Crippen LogP contribution is -2.30. The molecule has 108 valence electrons. The molecular formula is C17H19N3O. The summed E-state index contributed by atoms with van der Waals surface area (Å²) in [5.74, 6) is 0.974. The fraction of sp³-hybridized carbons (Fsp3) is 0.235. The smallest absolute Gasteiger partial charge is 0.195 e. The second-order valence-corrected chi connectivity index (χ2v) is 4.94. The number of hydrogen-bond donors (Lipinski definition) is 1. The van der Waals surface area contributed by atoms with E-state index in [0.29, 0.717) is 6.73 Å². The van der Waals surface area contributed by atoms with Gasteiger partial charge in [0.15, 0.2) is 12.6 Å². The summed E-state index contributed by atoms with van der Waals surface area (Å²) in [5.41, 5.74) is 2.42. The first kappa shape index (κ1) is 13.6. The molecule has 0 radical (unpaired) electrons. The van der Waals surface area contributed by atoms with E-state index >= 15 is 0 Å². The third-order valence-corrected chi connectivity index (χ3v) is 3.43. The Morgan fingerprint density at radius 1 is 1.00 bits per heavy atom. The van der Waals surface area contributed by atoms with Crippen LogP contribution in [0, 0.1) is 0 Å². The van der Waals surface area contributed by atoms with Crippen molar-refractivity contribution >= 4 is 11.5 Å². The Kier molecular flexibility index (Phi) is 4.49. The first-order chi connectivity index (χ1) is 10.4. The number of anilines is 1. The van der Waals surface area contributed by atoms with Gasteiger partial charge in [0.1, 0.15) is 0 Å². The Bertz CT molecular complexity index is 583. The van der Waals surface area contributed by atoms with Gasteiger partial charge in [0.25, 0.3) is 0 Å². The quantitative estimate of drug-likeness (QED) is 0.827. The van der Waals surface area contributed by atoms with Crippen molar-refractivity contribution < 1.29 is 4.84 Å². The van der Waals surface area contributed by atoms with Crippen LogP contribution in [-0.4, -0.2) is 19.1 Å². The highest BCUT2D eigenvalue weighted by atomic mass is 16.7. The second-order valence-electron chi connectivity index (χ2n) is 4.94. The maximum Gasteiger partial charge on any atom is 0.195 e. The summed E-state index contributed by atoms with van der Waals surface area (Å²) in [6, 6.07) is 20.6. The van der Waals surface area contributed by atoms with Crippen LogP contribution in [0.5, 0.6) is 0 Å². The number of nitrogens with zero attached hydrogens (tertiary/aromatic N) is 2. The fourth-order valence-electron chi connectivity index (χ4n) is 2.33. The monoisotopic (exact) mass is 281 g/mol. The molecule has 0 bridgehead atoms. The van der Waals surface area contributed by atoms with Crippen molar-refractivity contribution in [3.8, 4) is 0 Å². The molecule has 0 aromatic heterocycles. The standard InChI is InChI=1S/C17H19N3O/c1-3-7-15(8-4-1)13-18-12-11-17-19-21-14-20(17)16-9-5-2-6-10-16/h1-10,18H,11-14H2. The Morgan fingerprint density at radius 2 is 1.71 bits per heavy atom. The lowest BCUT2D eigenvalue weighted by atomic mass is 10.2. The normalized spacial score (nSPS) is 13.9. The molecule has 0 saturated heterocycles. The fourth-order valence-corrected chi connectivity index (χ4v) is 2.33. The molecule has 2 aromatic carbocycles. The van der Waals surface area contributed by atoms with Crippen LogP contribution >= 0.6 is 0 Å². The van der Waals surface area contributed by atoms with Gasteiger partial charge >= 0.3 is 0 Å². The molecule has 1 heterocycles. The first-order valence-corrected chi connectivity index (χ1v) is 7.19. The van der Waals surface area contributed by atoms with Crippen molar-refractivity contribution in [2.24, 2.45) is 5.16 Å². The van der Waals surface area contributed by atoms with Gasteiger partial charge in [-0.15, -0.1) is 0 Å². The first-order valence-electron chi connectivity index (χ1n) is 7.19. The van der Waals surface area contributed by atoms with E-state index in [9.17, 15) is 0 Å². The van der Waals surface area contributed by atoms with Crippen LogP contribution in [0.2, 0.25) is 0 Å². The number of hydrogen-bond acceptors (Lipinski definition) is 4. The summed E-state index contributed by atoms with van der Waals surface area (Å²) in [6.45, 7) is 2.25. The van der Waals surface area contributed by atoms with E-state index in [1.54, 1.807) is 0 Å². The molecular weight excluding hydrogens is 262 g/mol. The SMILES string of the molecule is c1ccc(CNCCC2=NOCN2c2ccccc2)cc1. The minimum absolute atomic E-state index is 0.498. The summed E-state index contributed by atoms with van der Waals surface area (Å²) in [4.78, 5) is 7.33. The third kappa shape index (κ3) is 3.61. The molecule has 0 atom stereocenters. The molecule has 3 rings (SSSR count). The van der Waals surface area contributed by atoms with Gasteiger partial charge in [-0.3, -0.25) is 4.90 Å². The highest BCUT2D eigenvalue weighted by Crippen LogP contribution is 2.18. The van der Waals surface area contributed by atoms with E-state index in [-0.39, 0.29) is 0 Å². The molecule has 0 spiro atoms. The summed E-state index contributed by atoms with van der Waals surface area (Å²) in [5, 5.41) is 7.58. The lowest BCUT2D eigenvalue weighted by molar-refractivity contribution is 0.174. The Morgan fingerprint density at radius 3 is 2.48 bits per heavy atom. The molecule has 0 amide bonds. The van der Waals surface area contributed by atoms with Gasteiger partial charge in [-0.05, 0) is 17.7 Å². The van der Waals surface area contributed by atoms with Crippen LogP contribution in [0.25, 0.3) is 0 Å². The van der Waals surface area contributed by atoms with Crippen molar-refractivity contribution in [1.82, 2.24) is 5.32 Å². The molecule has 2 aromatic rings. The van der Waals surface area contributed by atoms with Crippen LogP contribution in [0.15, 0.2) is 65.8 Å². The largest absolute Gasteiger partial charge is 0.372 e. The summed E-state index contributed by atoms with van der Waals surface area (Å²) < 4.78 is 0. The van der Waals surface area contributed by atoms with Gasteiger partial charge in [-0.1, -0.05) is 53.7 Å². The molecule has 0 aliphatic carbocycles. The molecule has 0 unspecified atom stereocenters. The molecule has 4 nitrogen and oxygen atoms in total. The van der Waals surface area contributed by atoms with Crippen LogP contribution in [0.3, 0.4) is 0 Å². The number of nitrogens with one attached hydrogen (secondary N) is 1. The second kappa shape index (κ2) is 6.90. The van der Waals surface area contributed by atoms with E-state index in [2.05, 4.69) is 51.8 Å². The van der Waals surface area contributed by atoms with E-state index in [4.69, 9.17) is 4.84 Å². The van der Waals surface area contributed by atoms with Crippen molar-refractivity contribution in [3.05, 3.63) is 66.2 Å². The Balaban J connectivity index is 1.49. The third-order valence-electron chi connectivity index (χ3n) is 3.43. The molecule has 1 aliphatic rings. The van der Waals surface area contributed by atoms with E-state index in [1.807, 2.05) is 24.3 Å². The van der Waals surface area contributed by atoms with Gasteiger partial charge < -0.3 is 10.2 Å². The van der Waals surface area contributed by atoms with Crippen molar-refractivity contribution in [3.63, 3.8) is 0 Å². The molecule has 0 fully saturated rings. The van der Waals surface area contributed by atoms with Gasteiger partial charge in [-0.25, -0.2) is 0 Å². The van der Waals surface area contributed by atoms with Gasteiger partial charge in [-0.2, -0.15) is 0 Å². The average Bonchev–Trinajstić information content (AvgIpc) is 3.02. The van der Waals surface area contributed by atoms with Gasteiger partial charge in [0.2, 0.25) is 0 Å². The van der Waals surface area contributed by atoms with Gasteiger partial charge in [0.05, 0.1) is 0 Å². The predicted molar refractivity (Wildman–Crippen MR) is 85.1 cm³/mol. The number of amidine groups is 1. The van der Waals surface area contributed by atoms with Crippen molar-refractivity contribution in [2.45, 2.75) is 13.0 Å². The van der Waals surface area contributed by atoms with Crippen LogP contribution in [0.1, 0.15) is 12.0 Å². The molecule has 1 N–H and O–H groups in total. The maximum absolute atomic E-state index is 5.23. The van der Waals surface area contributed by atoms with Crippen molar-refractivity contribution in [2.75, 3.05) is 18.2 Å². The molecule has 21 heavy (non-hydrogen) atoms. The molecule has 1 aliphatic heterocycles. The highest BCUT2D eigenvalue weighted by Gasteiger charge is 2.19. The van der Waals surface area contributed by atoms with Crippen LogP contribution in [-0.2, 0) is 11.4 Å². The molecule has 4 heteroatoms. The minimum Gasteiger partial charge on any atom is -0.372 e. The number of para-hydroxylation sites is 1. The van der Waals surface area contributed by atoms with E-state index < -0.39 is 0 Å². The summed E-state index contributed by atoms with van der Waals surface area (Å²) in [6.07, 6.45) is 0.849. The Labute approximate surface area is 125 Å². The summed E-state index contributed by atoms with van der Waals surface area (Å²) in [7, 11) is 0. The number of benzene rings is 2. The zero-order valence-corrected chi connectivity index (χ0v) is 11.9. The Hall–Kier alpha value is -2.33. The predicted octanol–water partition coefficient (Wildman–Crippen LogP) is 2.97. The maximum atomic E-state index is 5.23. The van der Waals surface area contributed by atoms with E-state index in [1.165, 1.54) is 5.56 Å². The number of rotatable bonds is 6. The van der Waals surface area contributed by atoms with Gasteiger partial charge in [0, 0.05) is 25.2 Å². The molecule has 0 saturated carbocycles. The average molecular weight is 281 g/mol. The van der Waals surface area contributed by atoms with Crippen LogP contribution < -0.4 is 10.2 Å². The van der Waals surface area contributed by atoms with E-state index in [0.717, 1.165) is 31.0 Å². The zero-order chi connectivity index (χ0) is 14.3. The summed E-state index contributed by atoms with van der Waals surface area (Å²) >= 11 is 0. The van der Waals surface area contributed by atoms with Crippen molar-refractivity contribution in [1.29, 1.82) is 0 Å². The van der Waals surface area contributed by atoms with Crippen LogP contribution in [0.4, 0.5) is 5.69 Å². The highest BCUT2D eigenvalue weighted by molar-refractivity contribution is 5.98. The number of oxime groups is 1. The lowest BCUT2D eigenvalue weighted by Gasteiger charge is -2.17. The topological polar surface area (TPSA) is 36.9 Å². The zero-order valence-electron chi connectivity index (χ0n) is 11.9.